The third-order valence-corrected chi connectivity index (χ3v) is 3.64. The number of halogens is 1. The highest BCUT2D eigenvalue weighted by Crippen LogP contribution is 2.48. The van der Waals surface area contributed by atoms with E-state index in [0.717, 1.165) is 28.0 Å². The van der Waals surface area contributed by atoms with Crippen molar-refractivity contribution in [2.75, 3.05) is 20.4 Å². The van der Waals surface area contributed by atoms with Crippen LogP contribution >= 0.6 is 15.9 Å². The first-order chi connectivity index (χ1) is 8.19. The predicted molar refractivity (Wildman–Crippen MR) is 68.9 cm³/mol. The number of hydrogen-bond donors (Lipinski definition) is 1. The lowest BCUT2D eigenvalue weighted by atomic mass is 9.96. The van der Waals surface area contributed by atoms with Crippen LogP contribution in [-0.2, 0) is 0 Å². The third kappa shape index (κ3) is 2.21. The van der Waals surface area contributed by atoms with Crippen molar-refractivity contribution < 1.29 is 14.2 Å². The van der Waals surface area contributed by atoms with Gasteiger partial charge in [0.05, 0.1) is 7.11 Å². The summed E-state index contributed by atoms with van der Waals surface area (Å²) in [6.07, 6.45) is 0.905. The number of hydrogen-bond acceptors (Lipinski definition) is 4. The van der Waals surface area contributed by atoms with Crippen LogP contribution in [0.15, 0.2) is 10.5 Å². The molecule has 0 saturated carbocycles. The Hall–Kier alpha value is -0.940. The number of benzene rings is 1. The molecule has 0 aliphatic carbocycles. The molecule has 17 heavy (non-hydrogen) atoms. The molecule has 0 amide bonds. The van der Waals surface area contributed by atoms with Gasteiger partial charge in [-0.1, -0.05) is 6.92 Å². The van der Waals surface area contributed by atoms with Gasteiger partial charge < -0.3 is 19.9 Å². The van der Waals surface area contributed by atoms with E-state index in [4.69, 9.17) is 19.9 Å². The van der Waals surface area contributed by atoms with E-state index in [0.29, 0.717) is 18.2 Å². The molecule has 0 spiro atoms. The zero-order valence-corrected chi connectivity index (χ0v) is 11.5. The van der Waals surface area contributed by atoms with Crippen LogP contribution in [0, 0.1) is 0 Å². The van der Waals surface area contributed by atoms with E-state index in [2.05, 4.69) is 22.9 Å². The molecular weight excluding hydrogens is 286 g/mol. The molecule has 1 heterocycles. The molecular formula is C12H16BrNO3. The monoisotopic (exact) mass is 301 g/mol. The molecule has 1 aliphatic heterocycles. The zero-order valence-electron chi connectivity index (χ0n) is 9.96. The molecule has 0 fully saturated rings. The largest absolute Gasteiger partial charge is 0.495 e. The summed E-state index contributed by atoms with van der Waals surface area (Å²) in [6.45, 7) is 3.03. The van der Waals surface area contributed by atoms with Gasteiger partial charge >= 0.3 is 0 Å². The van der Waals surface area contributed by atoms with Crippen LogP contribution in [0.3, 0.4) is 0 Å². The number of ether oxygens (including phenoxy) is 3. The number of methoxy groups -OCH3 is 1. The van der Waals surface area contributed by atoms with E-state index >= 15 is 0 Å². The van der Waals surface area contributed by atoms with Crippen LogP contribution < -0.4 is 19.9 Å². The van der Waals surface area contributed by atoms with Crippen molar-refractivity contribution in [3.05, 3.63) is 16.1 Å². The van der Waals surface area contributed by atoms with Gasteiger partial charge in [0.15, 0.2) is 11.5 Å². The van der Waals surface area contributed by atoms with Gasteiger partial charge in [-0.3, -0.25) is 0 Å². The second kappa shape index (κ2) is 5.14. The Bertz CT molecular complexity index is 423. The van der Waals surface area contributed by atoms with Crippen LogP contribution in [0.2, 0.25) is 0 Å². The third-order valence-electron chi connectivity index (χ3n) is 2.92. The van der Waals surface area contributed by atoms with Crippen molar-refractivity contribution in [3.8, 4) is 17.2 Å². The molecule has 2 rings (SSSR count). The van der Waals surface area contributed by atoms with Crippen molar-refractivity contribution in [1.29, 1.82) is 0 Å². The van der Waals surface area contributed by atoms with Crippen molar-refractivity contribution in [2.45, 2.75) is 19.3 Å². The lowest BCUT2D eigenvalue weighted by Crippen LogP contribution is -2.06. The predicted octanol–water partition coefficient (Wildman–Crippen LogP) is 2.64. The van der Waals surface area contributed by atoms with Gasteiger partial charge in [0.2, 0.25) is 6.79 Å². The summed E-state index contributed by atoms with van der Waals surface area (Å²) < 4.78 is 17.1. The van der Waals surface area contributed by atoms with Crippen LogP contribution in [0.1, 0.15) is 24.8 Å². The molecule has 1 aromatic rings. The van der Waals surface area contributed by atoms with E-state index in [-0.39, 0.29) is 6.79 Å². The summed E-state index contributed by atoms with van der Waals surface area (Å²) in [7, 11) is 1.65. The summed E-state index contributed by atoms with van der Waals surface area (Å²) in [5.74, 6) is 2.60. The molecule has 94 valence electrons. The van der Waals surface area contributed by atoms with Gasteiger partial charge in [-0.25, -0.2) is 0 Å². The van der Waals surface area contributed by atoms with E-state index in [1.165, 1.54) is 0 Å². The number of nitrogens with two attached hydrogens (primary N) is 1. The summed E-state index contributed by atoms with van der Waals surface area (Å²) in [5.41, 5.74) is 6.69. The Balaban J connectivity index is 2.47. The molecule has 2 N–H and O–H groups in total. The fourth-order valence-electron chi connectivity index (χ4n) is 1.98. The first-order valence-electron chi connectivity index (χ1n) is 5.55. The van der Waals surface area contributed by atoms with Gasteiger partial charge in [0.25, 0.3) is 0 Å². The van der Waals surface area contributed by atoms with Gasteiger partial charge in [0, 0.05) is 5.56 Å². The Morgan fingerprint density at radius 2 is 2.29 bits per heavy atom. The lowest BCUT2D eigenvalue weighted by molar-refractivity contribution is 0.173. The van der Waals surface area contributed by atoms with Crippen LogP contribution in [-0.4, -0.2) is 20.4 Å². The highest BCUT2D eigenvalue weighted by molar-refractivity contribution is 9.10. The molecule has 1 unspecified atom stereocenters. The second-order valence-corrected chi connectivity index (χ2v) is 4.82. The highest BCUT2D eigenvalue weighted by atomic mass is 79.9. The molecule has 0 saturated heterocycles. The maximum atomic E-state index is 5.60. The van der Waals surface area contributed by atoms with E-state index in [9.17, 15) is 0 Å². The first-order valence-corrected chi connectivity index (χ1v) is 6.34. The molecule has 1 aromatic carbocycles. The fraction of sp³-hybridized carbons (Fsp3) is 0.500. The lowest BCUT2D eigenvalue weighted by Gasteiger charge is -2.17. The van der Waals surface area contributed by atoms with Crippen LogP contribution in [0.25, 0.3) is 0 Å². The highest BCUT2D eigenvalue weighted by Gasteiger charge is 2.25. The summed E-state index contributed by atoms with van der Waals surface area (Å²) >= 11 is 3.50. The normalized spacial score (nSPS) is 14.8. The Kier molecular flexibility index (Phi) is 3.79. The zero-order chi connectivity index (χ0) is 12.4. The summed E-state index contributed by atoms with van der Waals surface area (Å²) in [6, 6.07) is 1.98. The van der Waals surface area contributed by atoms with Gasteiger partial charge in [0.1, 0.15) is 10.2 Å². The average molecular weight is 302 g/mol. The van der Waals surface area contributed by atoms with E-state index in [1.807, 2.05) is 6.07 Å². The maximum Gasteiger partial charge on any atom is 0.231 e. The molecule has 0 aromatic heterocycles. The molecule has 0 radical (unpaired) electrons. The van der Waals surface area contributed by atoms with Crippen molar-refractivity contribution >= 4 is 15.9 Å². The van der Waals surface area contributed by atoms with E-state index in [1.54, 1.807) is 7.11 Å². The van der Waals surface area contributed by atoms with Crippen LogP contribution in [0.5, 0.6) is 17.2 Å². The standard InChI is InChI=1S/C12H16BrNO3/c1-7(3-4-14)8-5-9-12(17-6-16-9)10(13)11(8)15-2/h5,7H,3-4,6,14H2,1-2H3. The number of fused-ring (bicyclic) bond motifs is 1. The first kappa shape index (κ1) is 12.5. The SMILES string of the molecule is COc1c(C(C)CCN)cc2c(c1Br)OCO2. The smallest absolute Gasteiger partial charge is 0.231 e. The van der Waals surface area contributed by atoms with Gasteiger partial charge in [-0.2, -0.15) is 0 Å². The molecule has 0 bridgehead atoms. The quantitative estimate of drug-likeness (QED) is 0.929. The molecule has 5 heteroatoms. The summed E-state index contributed by atoms with van der Waals surface area (Å²) in [4.78, 5) is 0. The Morgan fingerprint density at radius 1 is 1.53 bits per heavy atom. The van der Waals surface area contributed by atoms with Gasteiger partial charge in [-0.15, -0.1) is 0 Å². The minimum Gasteiger partial charge on any atom is -0.495 e. The van der Waals surface area contributed by atoms with Crippen molar-refractivity contribution in [1.82, 2.24) is 0 Å². The minimum absolute atomic E-state index is 0.256. The topological polar surface area (TPSA) is 53.7 Å². The minimum atomic E-state index is 0.256. The van der Waals surface area contributed by atoms with E-state index < -0.39 is 0 Å². The Labute approximate surface area is 109 Å². The van der Waals surface area contributed by atoms with Crippen molar-refractivity contribution in [2.24, 2.45) is 5.73 Å². The van der Waals surface area contributed by atoms with Crippen molar-refractivity contribution in [3.63, 3.8) is 0 Å². The average Bonchev–Trinajstić information content (AvgIpc) is 2.77. The molecule has 4 nitrogen and oxygen atoms in total. The molecule has 1 aliphatic rings. The fourth-order valence-corrected chi connectivity index (χ4v) is 2.68. The number of rotatable bonds is 4. The second-order valence-electron chi connectivity index (χ2n) is 4.03. The summed E-state index contributed by atoms with van der Waals surface area (Å²) in [5, 5.41) is 0. The Morgan fingerprint density at radius 3 is 2.94 bits per heavy atom. The van der Waals surface area contributed by atoms with Gasteiger partial charge in [-0.05, 0) is 40.9 Å². The van der Waals surface area contributed by atoms with Crippen LogP contribution in [0.4, 0.5) is 0 Å². The molecule has 1 atom stereocenters. The maximum absolute atomic E-state index is 5.60.